The number of hydrogen-bond acceptors (Lipinski definition) is 2. The van der Waals surface area contributed by atoms with E-state index in [1.165, 1.54) is 6.07 Å². The molecule has 0 bridgehead atoms. The summed E-state index contributed by atoms with van der Waals surface area (Å²) in [6.07, 6.45) is 0. The molecule has 0 aliphatic rings. The third kappa shape index (κ3) is 3.02. The molecule has 0 amide bonds. The summed E-state index contributed by atoms with van der Waals surface area (Å²) in [7, 11) is 3.53. The van der Waals surface area contributed by atoms with Gasteiger partial charge in [-0.25, -0.2) is 4.39 Å². The van der Waals surface area contributed by atoms with Gasteiger partial charge < -0.3 is 10.1 Å². The molecule has 2 aromatic rings. The number of aryl methyl sites for hydroxylation is 1. The SMILES string of the molecule is CNC(c1ccc(F)c(C)c1)c1cc(OC)ccc1Br. The van der Waals surface area contributed by atoms with Crippen LogP contribution in [0.3, 0.4) is 0 Å². The van der Waals surface area contributed by atoms with Gasteiger partial charge >= 0.3 is 0 Å². The van der Waals surface area contributed by atoms with E-state index in [2.05, 4.69) is 21.2 Å². The first kappa shape index (κ1) is 15.0. The third-order valence-electron chi connectivity index (χ3n) is 3.32. The Bertz CT molecular complexity index is 615. The predicted molar refractivity (Wildman–Crippen MR) is 82.7 cm³/mol. The average Bonchev–Trinajstić information content (AvgIpc) is 2.45. The molecule has 0 aliphatic heterocycles. The molecular weight excluding hydrogens is 321 g/mol. The first-order valence-electron chi connectivity index (χ1n) is 6.33. The Morgan fingerprint density at radius 3 is 2.55 bits per heavy atom. The zero-order valence-electron chi connectivity index (χ0n) is 11.7. The summed E-state index contributed by atoms with van der Waals surface area (Å²) in [6, 6.07) is 11.0. The van der Waals surface area contributed by atoms with Crippen molar-refractivity contribution >= 4 is 15.9 Å². The molecule has 0 aliphatic carbocycles. The van der Waals surface area contributed by atoms with Gasteiger partial charge in [0.1, 0.15) is 11.6 Å². The highest BCUT2D eigenvalue weighted by Gasteiger charge is 2.16. The second kappa shape index (κ2) is 6.37. The van der Waals surface area contributed by atoms with Crippen molar-refractivity contribution in [2.24, 2.45) is 0 Å². The van der Waals surface area contributed by atoms with Gasteiger partial charge in [-0.05, 0) is 54.9 Å². The molecule has 0 spiro atoms. The maximum Gasteiger partial charge on any atom is 0.126 e. The van der Waals surface area contributed by atoms with Gasteiger partial charge in [0.15, 0.2) is 0 Å². The van der Waals surface area contributed by atoms with Crippen LogP contribution in [-0.2, 0) is 0 Å². The number of benzene rings is 2. The molecule has 0 fully saturated rings. The summed E-state index contributed by atoms with van der Waals surface area (Å²) >= 11 is 3.56. The molecule has 4 heteroatoms. The fraction of sp³-hybridized carbons (Fsp3) is 0.250. The Morgan fingerprint density at radius 2 is 1.95 bits per heavy atom. The van der Waals surface area contributed by atoms with Gasteiger partial charge in [0.2, 0.25) is 0 Å². The number of ether oxygens (including phenoxy) is 1. The number of halogens is 2. The first-order valence-corrected chi connectivity index (χ1v) is 7.13. The van der Waals surface area contributed by atoms with Crippen LogP contribution in [0.25, 0.3) is 0 Å². The topological polar surface area (TPSA) is 21.3 Å². The molecule has 0 saturated heterocycles. The maximum absolute atomic E-state index is 13.4. The summed E-state index contributed by atoms with van der Waals surface area (Å²) in [4.78, 5) is 0. The van der Waals surface area contributed by atoms with E-state index >= 15 is 0 Å². The van der Waals surface area contributed by atoms with E-state index in [1.807, 2.05) is 31.3 Å². The molecule has 0 radical (unpaired) electrons. The van der Waals surface area contributed by atoms with Crippen molar-refractivity contribution in [3.8, 4) is 5.75 Å². The Hall–Kier alpha value is -1.39. The zero-order valence-corrected chi connectivity index (χ0v) is 13.3. The lowest BCUT2D eigenvalue weighted by molar-refractivity contribution is 0.413. The molecule has 1 atom stereocenters. The fourth-order valence-corrected chi connectivity index (χ4v) is 2.69. The molecule has 0 saturated carbocycles. The Morgan fingerprint density at radius 1 is 1.20 bits per heavy atom. The van der Waals surface area contributed by atoms with E-state index in [-0.39, 0.29) is 11.9 Å². The van der Waals surface area contributed by atoms with Crippen molar-refractivity contribution in [1.29, 1.82) is 0 Å². The smallest absolute Gasteiger partial charge is 0.126 e. The second-order valence-corrected chi connectivity index (χ2v) is 5.47. The highest BCUT2D eigenvalue weighted by Crippen LogP contribution is 2.32. The van der Waals surface area contributed by atoms with Crippen LogP contribution in [0.15, 0.2) is 40.9 Å². The van der Waals surface area contributed by atoms with E-state index in [0.717, 1.165) is 21.3 Å². The summed E-state index contributed by atoms with van der Waals surface area (Å²) in [6.45, 7) is 1.77. The van der Waals surface area contributed by atoms with E-state index in [0.29, 0.717) is 5.56 Å². The van der Waals surface area contributed by atoms with Gasteiger partial charge in [-0.15, -0.1) is 0 Å². The van der Waals surface area contributed by atoms with Crippen LogP contribution < -0.4 is 10.1 Å². The van der Waals surface area contributed by atoms with Crippen molar-refractivity contribution in [2.45, 2.75) is 13.0 Å². The number of rotatable bonds is 4. The Balaban J connectivity index is 2.48. The summed E-state index contributed by atoms with van der Waals surface area (Å²) < 4.78 is 19.7. The molecule has 2 aromatic carbocycles. The van der Waals surface area contributed by atoms with Crippen molar-refractivity contribution < 1.29 is 9.13 Å². The monoisotopic (exact) mass is 337 g/mol. The molecule has 106 valence electrons. The largest absolute Gasteiger partial charge is 0.497 e. The van der Waals surface area contributed by atoms with Gasteiger partial charge in [0.05, 0.1) is 13.2 Å². The normalized spacial score (nSPS) is 12.2. The lowest BCUT2D eigenvalue weighted by Crippen LogP contribution is -2.18. The highest BCUT2D eigenvalue weighted by atomic mass is 79.9. The maximum atomic E-state index is 13.4. The van der Waals surface area contributed by atoms with Gasteiger partial charge in [-0.1, -0.05) is 28.1 Å². The Kier molecular flexibility index (Phi) is 4.78. The first-order chi connectivity index (χ1) is 9.56. The van der Waals surface area contributed by atoms with E-state index in [4.69, 9.17) is 4.74 Å². The van der Waals surface area contributed by atoms with E-state index < -0.39 is 0 Å². The molecule has 2 nitrogen and oxygen atoms in total. The van der Waals surface area contributed by atoms with Crippen LogP contribution in [0.2, 0.25) is 0 Å². The average molecular weight is 338 g/mol. The van der Waals surface area contributed by atoms with Crippen molar-refractivity contribution in [2.75, 3.05) is 14.2 Å². The van der Waals surface area contributed by atoms with Crippen LogP contribution in [-0.4, -0.2) is 14.2 Å². The van der Waals surface area contributed by atoms with Gasteiger partial charge in [-0.2, -0.15) is 0 Å². The quantitative estimate of drug-likeness (QED) is 0.902. The molecule has 2 rings (SSSR count). The number of hydrogen-bond donors (Lipinski definition) is 1. The predicted octanol–water partition coefficient (Wildman–Crippen LogP) is 4.21. The van der Waals surface area contributed by atoms with Crippen LogP contribution in [0, 0.1) is 12.7 Å². The van der Waals surface area contributed by atoms with Crippen molar-refractivity contribution in [3.05, 3.63) is 63.4 Å². The Labute approximate surface area is 127 Å². The molecule has 1 unspecified atom stereocenters. The lowest BCUT2D eigenvalue weighted by atomic mass is 9.97. The van der Waals surface area contributed by atoms with E-state index in [9.17, 15) is 4.39 Å². The fourth-order valence-electron chi connectivity index (χ4n) is 2.22. The molecule has 20 heavy (non-hydrogen) atoms. The lowest BCUT2D eigenvalue weighted by Gasteiger charge is -2.20. The molecular formula is C16H17BrFNO. The van der Waals surface area contributed by atoms with Crippen LogP contribution >= 0.6 is 15.9 Å². The van der Waals surface area contributed by atoms with Crippen LogP contribution in [0.1, 0.15) is 22.7 Å². The van der Waals surface area contributed by atoms with E-state index in [1.54, 1.807) is 20.1 Å². The van der Waals surface area contributed by atoms with Gasteiger partial charge in [0, 0.05) is 4.47 Å². The summed E-state index contributed by atoms with van der Waals surface area (Å²) in [5.41, 5.74) is 2.71. The minimum absolute atomic E-state index is 0.0289. The molecule has 0 heterocycles. The minimum Gasteiger partial charge on any atom is -0.497 e. The number of methoxy groups -OCH3 is 1. The standard InChI is InChI=1S/C16H17BrFNO/c1-10-8-11(4-7-15(10)18)16(19-2)13-9-12(20-3)5-6-14(13)17/h4-9,16,19H,1-3H3. The third-order valence-corrected chi connectivity index (χ3v) is 4.04. The van der Waals surface area contributed by atoms with Gasteiger partial charge in [0.25, 0.3) is 0 Å². The minimum atomic E-state index is -0.187. The number of nitrogens with one attached hydrogen (secondary N) is 1. The van der Waals surface area contributed by atoms with Crippen LogP contribution in [0.5, 0.6) is 5.75 Å². The zero-order chi connectivity index (χ0) is 14.7. The van der Waals surface area contributed by atoms with Crippen LogP contribution in [0.4, 0.5) is 4.39 Å². The van der Waals surface area contributed by atoms with Crippen molar-refractivity contribution in [3.63, 3.8) is 0 Å². The molecule has 0 aromatic heterocycles. The highest BCUT2D eigenvalue weighted by molar-refractivity contribution is 9.10. The molecule has 1 N–H and O–H groups in total. The summed E-state index contributed by atoms with van der Waals surface area (Å²) in [5, 5.41) is 3.27. The summed E-state index contributed by atoms with van der Waals surface area (Å²) in [5.74, 6) is 0.607. The van der Waals surface area contributed by atoms with Crippen molar-refractivity contribution in [1.82, 2.24) is 5.32 Å². The van der Waals surface area contributed by atoms with Gasteiger partial charge in [-0.3, -0.25) is 0 Å². The second-order valence-electron chi connectivity index (χ2n) is 4.62.